The highest BCUT2D eigenvalue weighted by Gasteiger charge is 2.20. The van der Waals surface area contributed by atoms with Gasteiger partial charge in [-0.25, -0.2) is 0 Å². The fraction of sp³-hybridized carbons (Fsp3) is 0.231. The second-order valence-electron chi connectivity index (χ2n) is 3.87. The number of benzene rings is 1. The summed E-state index contributed by atoms with van der Waals surface area (Å²) in [5.74, 6) is 1.12. The lowest BCUT2D eigenvalue weighted by atomic mass is 10.0. The predicted molar refractivity (Wildman–Crippen MR) is 82.6 cm³/mol. The van der Waals surface area contributed by atoms with E-state index in [2.05, 4.69) is 15.9 Å². The molecule has 1 unspecified atom stereocenters. The Morgan fingerprint density at radius 1 is 1.32 bits per heavy atom. The first-order valence-electron chi connectivity index (χ1n) is 5.48. The van der Waals surface area contributed by atoms with Gasteiger partial charge in [-0.2, -0.15) is 0 Å². The van der Waals surface area contributed by atoms with Crippen molar-refractivity contribution >= 4 is 38.9 Å². The van der Waals surface area contributed by atoms with E-state index in [0.29, 0.717) is 16.5 Å². The standard InChI is InChI=1S/C13H13BrClNO2S/c1-17-9-4-3-8(13(18-2)11(9)15)12(16)7-5-10(14)19-6-7/h3-6,12H,16H2,1-2H3. The number of ether oxygens (including phenoxy) is 2. The molecule has 0 radical (unpaired) electrons. The number of halogens is 2. The summed E-state index contributed by atoms with van der Waals surface area (Å²) < 4.78 is 11.6. The third-order valence-corrected chi connectivity index (χ3v) is 4.68. The Hall–Kier alpha value is -0.750. The van der Waals surface area contributed by atoms with Crippen LogP contribution in [0, 0.1) is 0 Å². The van der Waals surface area contributed by atoms with Gasteiger partial charge in [-0.1, -0.05) is 11.6 Å². The van der Waals surface area contributed by atoms with Crippen molar-refractivity contribution in [3.63, 3.8) is 0 Å². The molecule has 6 heteroatoms. The van der Waals surface area contributed by atoms with Crippen LogP contribution in [0.5, 0.6) is 11.5 Å². The van der Waals surface area contributed by atoms with E-state index < -0.39 is 0 Å². The summed E-state index contributed by atoms with van der Waals surface area (Å²) in [7, 11) is 3.14. The summed E-state index contributed by atoms with van der Waals surface area (Å²) in [6.45, 7) is 0. The number of rotatable bonds is 4. The maximum absolute atomic E-state index is 6.27. The largest absolute Gasteiger partial charge is 0.495 e. The second-order valence-corrected chi connectivity index (χ2v) is 6.53. The highest BCUT2D eigenvalue weighted by molar-refractivity contribution is 9.11. The second kappa shape index (κ2) is 6.13. The maximum Gasteiger partial charge on any atom is 0.146 e. The molecule has 0 amide bonds. The van der Waals surface area contributed by atoms with E-state index in [9.17, 15) is 0 Å². The fourth-order valence-electron chi connectivity index (χ4n) is 1.83. The van der Waals surface area contributed by atoms with Crippen LogP contribution in [0.3, 0.4) is 0 Å². The zero-order valence-corrected chi connectivity index (χ0v) is 13.6. The fourth-order valence-corrected chi connectivity index (χ4v) is 3.37. The topological polar surface area (TPSA) is 44.5 Å². The van der Waals surface area contributed by atoms with Gasteiger partial charge >= 0.3 is 0 Å². The van der Waals surface area contributed by atoms with Gasteiger partial charge in [0.05, 0.1) is 24.0 Å². The van der Waals surface area contributed by atoms with Crippen molar-refractivity contribution < 1.29 is 9.47 Å². The number of thiophene rings is 1. The van der Waals surface area contributed by atoms with Crippen molar-refractivity contribution in [3.8, 4) is 11.5 Å². The van der Waals surface area contributed by atoms with E-state index in [4.69, 9.17) is 26.8 Å². The van der Waals surface area contributed by atoms with Crippen LogP contribution in [0.15, 0.2) is 27.4 Å². The SMILES string of the molecule is COc1ccc(C(N)c2csc(Br)c2)c(OC)c1Cl. The quantitative estimate of drug-likeness (QED) is 0.885. The van der Waals surface area contributed by atoms with Crippen LogP contribution in [-0.4, -0.2) is 14.2 Å². The van der Waals surface area contributed by atoms with Crippen molar-refractivity contribution in [3.05, 3.63) is 43.5 Å². The third kappa shape index (κ3) is 2.89. The van der Waals surface area contributed by atoms with Gasteiger partial charge in [-0.05, 0) is 45.1 Å². The molecule has 0 saturated carbocycles. The van der Waals surface area contributed by atoms with Crippen LogP contribution in [0.25, 0.3) is 0 Å². The molecule has 1 aromatic carbocycles. The first kappa shape index (κ1) is 14.7. The first-order valence-corrected chi connectivity index (χ1v) is 7.53. The molecule has 102 valence electrons. The zero-order valence-electron chi connectivity index (χ0n) is 10.4. The van der Waals surface area contributed by atoms with Gasteiger partial charge in [0.2, 0.25) is 0 Å². The minimum atomic E-state index is -0.291. The van der Waals surface area contributed by atoms with Crippen molar-refractivity contribution in [1.82, 2.24) is 0 Å². The van der Waals surface area contributed by atoms with E-state index in [1.807, 2.05) is 17.5 Å². The monoisotopic (exact) mass is 361 g/mol. The minimum Gasteiger partial charge on any atom is -0.495 e. The van der Waals surface area contributed by atoms with E-state index in [0.717, 1.165) is 14.9 Å². The summed E-state index contributed by atoms with van der Waals surface area (Å²) in [6, 6.07) is 5.37. The van der Waals surface area contributed by atoms with E-state index in [1.165, 1.54) is 0 Å². The molecule has 0 aliphatic carbocycles. The van der Waals surface area contributed by atoms with Crippen LogP contribution in [0.2, 0.25) is 5.02 Å². The van der Waals surface area contributed by atoms with E-state index in [1.54, 1.807) is 31.6 Å². The summed E-state index contributed by atoms with van der Waals surface area (Å²) >= 11 is 11.3. The van der Waals surface area contributed by atoms with Crippen LogP contribution in [-0.2, 0) is 0 Å². The van der Waals surface area contributed by atoms with Crippen LogP contribution in [0.4, 0.5) is 0 Å². The smallest absolute Gasteiger partial charge is 0.146 e. The van der Waals surface area contributed by atoms with Gasteiger partial charge in [0, 0.05) is 5.56 Å². The lowest BCUT2D eigenvalue weighted by Gasteiger charge is -2.17. The third-order valence-electron chi connectivity index (χ3n) is 2.80. The summed E-state index contributed by atoms with van der Waals surface area (Å²) in [5, 5.41) is 2.44. The lowest BCUT2D eigenvalue weighted by molar-refractivity contribution is 0.390. The molecule has 0 fully saturated rings. The van der Waals surface area contributed by atoms with Crippen LogP contribution >= 0.6 is 38.9 Å². The molecular formula is C13H13BrClNO2S. The Morgan fingerprint density at radius 3 is 2.58 bits per heavy atom. The van der Waals surface area contributed by atoms with E-state index in [-0.39, 0.29) is 6.04 Å². The Morgan fingerprint density at radius 2 is 2.05 bits per heavy atom. The van der Waals surface area contributed by atoms with Gasteiger partial charge in [0.25, 0.3) is 0 Å². The van der Waals surface area contributed by atoms with Crippen molar-refractivity contribution in [2.45, 2.75) is 6.04 Å². The Kier molecular flexibility index (Phi) is 4.73. The summed E-state index contributed by atoms with van der Waals surface area (Å²) in [5.41, 5.74) is 8.12. The number of hydrogen-bond acceptors (Lipinski definition) is 4. The average molecular weight is 363 g/mol. The molecule has 3 nitrogen and oxygen atoms in total. The van der Waals surface area contributed by atoms with Gasteiger partial charge in [0.1, 0.15) is 16.5 Å². The molecule has 2 rings (SSSR count). The van der Waals surface area contributed by atoms with Gasteiger partial charge in [-0.15, -0.1) is 11.3 Å². The Balaban J connectivity index is 2.47. The molecule has 0 saturated heterocycles. The highest BCUT2D eigenvalue weighted by Crippen LogP contribution is 2.41. The molecule has 1 heterocycles. The summed E-state index contributed by atoms with van der Waals surface area (Å²) in [4.78, 5) is 0. The molecule has 0 spiro atoms. The molecule has 19 heavy (non-hydrogen) atoms. The number of nitrogens with two attached hydrogens (primary N) is 1. The van der Waals surface area contributed by atoms with Gasteiger partial charge in [-0.3, -0.25) is 0 Å². The van der Waals surface area contributed by atoms with Crippen molar-refractivity contribution in [2.24, 2.45) is 5.73 Å². The average Bonchev–Trinajstić information content (AvgIpc) is 2.84. The molecular weight excluding hydrogens is 350 g/mol. The molecule has 2 N–H and O–H groups in total. The first-order chi connectivity index (χ1) is 9.08. The molecule has 0 bridgehead atoms. The van der Waals surface area contributed by atoms with Gasteiger partial charge < -0.3 is 15.2 Å². The number of methoxy groups -OCH3 is 2. The lowest BCUT2D eigenvalue weighted by Crippen LogP contribution is -2.12. The molecule has 0 aliphatic heterocycles. The van der Waals surface area contributed by atoms with Gasteiger partial charge in [0.15, 0.2) is 0 Å². The Labute approximate surface area is 129 Å². The maximum atomic E-state index is 6.27. The minimum absolute atomic E-state index is 0.291. The van der Waals surface area contributed by atoms with Crippen LogP contribution < -0.4 is 15.2 Å². The molecule has 2 aromatic rings. The molecule has 0 aliphatic rings. The zero-order chi connectivity index (χ0) is 14.0. The molecule has 1 aromatic heterocycles. The number of hydrogen-bond donors (Lipinski definition) is 1. The predicted octanol–water partition coefficient (Wildman–Crippen LogP) is 4.23. The molecule has 1 atom stereocenters. The van der Waals surface area contributed by atoms with E-state index >= 15 is 0 Å². The van der Waals surface area contributed by atoms with Crippen molar-refractivity contribution in [1.29, 1.82) is 0 Å². The highest BCUT2D eigenvalue weighted by atomic mass is 79.9. The normalized spacial score (nSPS) is 12.3. The van der Waals surface area contributed by atoms with Crippen LogP contribution in [0.1, 0.15) is 17.2 Å². The Bertz CT molecular complexity index is 588. The summed E-state index contributed by atoms with van der Waals surface area (Å²) in [6.07, 6.45) is 0. The van der Waals surface area contributed by atoms with Crippen molar-refractivity contribution in [2.75, 3.05) is 14.2 Å².